The summed E-state index contributed by atoms with van der Waals surface area (Å²) < 4.78 is 47.3. The van der Waals surface area contributed by atoms with Crippen LogP contribution in [0.15, 0.2) is 36.7 Å². The van der Waals surface area contributed by atoms with Gasteiger partial charge in [0.2, 0.25) is 10.0 Å². The van der Waals surface area contributed by atoms with Crippen molar-refractivity contribution in [3.05, 3.63) is 48.3 Å². The van der Waals surface area contributed by atoms with Crippen molar-refractivity contribution in [2.45, 2.75) is 32.7 Å². The molecular weight excluding hydrogens is 369 g/mol. The number of rotatable bonds is 8. The van der Waals surface area contributed by atoms with E-state index in [0.29, 0.717) is 31.8 Å². The van der Waals surface area contributed by atoms with Gasteiger partial charge in [-0.15, -0.1) is 0 Å². The molecule has 0 bridgehead atoms. The Labute approximate surface area is 160 Å². The molecule has 1 aliphatic heterocycles. The van der Waals surface area contributed by atoms with Crippen LogP contribution in [0, 0.1) is 11.2 Å². The second kappa shape index (κ2) is 7.69. The molecule has 1 aromatic heterocycles. The van der Waals surface area contributed by atoms with Gasteiger partial charge in [-0.05, 0) is 37.1 Å². The van der Waals surface area contributed by atoms with E-state index in [0.717, 1.165) is 5.69 Å². The third-order valence-electron chi connectivity index (χ3n) is 4.97. The van der Waals surface area contributed by atoms with Gasteiger partial charge in [0.25, 0.3) is 0 Å². The third kappa shape index (κ3) is 4.07. The number of halogens is 1. The number of benzene rings is 1. The smallest absolute Gasteiger partial charge is 0.214 e. The standard InChI is InChI=1S/C19H26FN3O3S/c1-19(2)14-23(27(24,25)13-5-4-12-26-3)17(19)18-21-10-11-22(18)16-8-6-15(20)7-9-16/h6-11,17H,4-5,12-14H2,1-3H3. The molecule has 1 atom stereocenters. The molecule has 1 fully saturated rings. The van der Waals surface area contributed by atoms with Crippen LogP contribution in [0.2, 0.25) is 0 Å². The van der Waals surface area contributed by atoms with Gasteiger partial charge in [-0.1, -0.05) is 13.8 Å². The van der Waals surface area contributed by atoms with E-state index in [1.807, 2.05) is 18.4 Å². The van der Waals surface area contributed by atoms with Crippen molar-refractivity contribution >= 4 is 10.0 Å². The first kappa shape index (κ1) is 20.0. The predicted octanol–water partition coefficient (Wildman–Crippen LogP) is 3.15. The number of unbranched alkanes of at least 4 members (excludes halogenated alkanes) is 1. The van der Waals surface area contributed by atoms with E-state index in [1.165, 1.54) is 12.1 Å². The van der Waals surface area contributed by atoms with Gasteiger partial charge in [0.05, 0.1) is 11.8 Å². The molecule has 6 nitrogen and oxygen atoms in total. The molecule has 2 aromatic rings. The molecule has 1 aromatic carbocycles. The lowest BCUT2D eigenvalue weighted by atomic mass is 9.76. The summed E-state index contributed by atoms with van der Waals surface area (Å²) in [5.41, 5.74) is 0.520. The summed E-state index contributed by atoms with van der Waals surface area (Å²) >= 11 is 0. The van der Waals surface area contributed by atoms with Crippen molar-refractivity contribution in [3.63, 3.8) is 0 Å². The minimum Gasteiger partial charge on any atom is -0.385 e. The van der Waals surface area contributed by atoms with E-state index in [4.69, 9.17) is 4.74 Å². The lowest BCUT2D eigenvalue weighted by molar-refractivity contribution is 0.0128. The minimum absolute atomic E-state index is 0.0974. The van der Waals surface area contributed by atoms with Crippen LogP contribution >= 0.6 is 0 Å². The first-order chi connectivity index (χ1) is 12.8. The normalized spacial score (nSPS) is 19.8. The van der Waals surface area contributed by atoms with Crippen LogP contribution in [0.3, 0.4) is 0 Å². The van der Waals surface area contributed by atoms with Crippen molar-refractivity contribution in [2.75, 3.05) is 26.0 Å². The van der Waals surface area contributed by atoms with Crippen LogP contribution in [0.1, 0.15) is 38.6 Å². The molecule has 0 radical (unpaired) electrons. The largest absolute Gasteiger partial charge is 0.385 e. The SMILES string of the molecule is COCCCCS(=O)(=O)N1CC(C)(C)C1c1nccn1-c1ccc(F)cc1. The number of nitrogens with zero attached hydrogens (tertiary/aromatic N) is 3. The molecule has 1 unspecified atom stereocenters. The quantitative estimate of drug-likeness (QED) is 0.644. The highest BCUT2D eigenvalue weighted by Gasteiger charge is 2.53. The maximum atomic E-state index is 13.3. The zero-order valence-corrected chi connectivity index (χ0v) is 16.7. The Bertz CT molecular complexity index is 878. The fraction of sp³-hybridized carbons (Fsp3) is 0.526. The van der Waals surface area contributed by atoms with Gasteiger partial charge < -0.3 is 9.30 Å². The van der Waals surface area contributed by atoms with Gasteiger partial charge in [-0.2, -0.15) is 4.31 Å². The van der Waals surface area contributed by atoms with Gasteiger partial charge >= 0.3 is 0 Å². The van der Waals surface area contributed by atoms with Crippen LogP contribution in [0.25, 0.3) is 5.69 Å². The van der Waals surface area contributed by atoms with Gasteiger partial charge in [0.1, 0.15) is 11.6 Å². The van der Waals surface area contributed by atoms with Crippen molar-refractivity contribution in [2.24, 2.45) is 5.41 Å². The molecule has 148 valence electrons. The average molecular weight is 396 g/mol. The van der Waals surface area contributed by atoms with Crippen LogP contribution in [-0.4, -0.2) is 48.3 Å². The molecule has 3 rings (SSSR count). The van der Waals surface area contributed by atoms with Gasteiger partial charge in [-0.3, -0.25) is 0 Å². The van der Waals surface area contributed by atoms with E-state index in [1.54, 1.807) is 35.9 Å². The maximum Gasteiger partial charge on any atom is 0.214 e. The van der Waals surface area contributed by atoms with Crippen molar-refractivity contribution in [3.8, 4) is 5.69 Å². The van der Waals surface area contributed by atoms with Crippen molar-refractivity contribution < 1.29 is 17.5 Å². The number of hydrogen-bond acceptors (Lipinski definition) is 4. The summed E-state index contributed by atoms with van der Waals surface area (Å²) in [6.45, 7) is 5.09. The average Bonchev–Trinajstić information content (AvgIpc) is 3.06. The topological polar surface area (TPSA) is 64.4 Å². The van der Waals surface area contributed by atoms with Crippen molar-refractivity contribution in [1.29, 1.82) is 0 Å². The summed E-state index contributed by atoms with van der Waals surface area (Å²) in [6.07, 6.45) is 4.70. The first-order valence-corrected chi connectivity index (χ1v) is 10.6. The molecule has 0 N–H and O–H groups in total. The second-order valence-corrected chi connectivity index (χ2v) is 9.63. The monoisotopic (exact) mass is 395 g/mol. The summed E-state index contributed by atoms with van der Waals surface area (Å²) in [7, 11) is -1.78. The van der Waals surface area contributed by atoms with Crippen molar-refractivity contribution in [1.82, 2.24) is 13.9 Å². The highest BCUT2D eigenvalue weighted by atomic mass is 32.2. The molecule has 0 amide bonds. The van der Waals surface area contributed by atoms with E-state index in [9.17, 15) is 12.8 Å². The molecule has 0 spiro atoms. The third-order valence-corrected chi connectivity index (χ3v) is 6.83. The number of methoxy groups -OCH3 is 1. The van der Waals surface area contributed by atoms with Gasteiger partial charge in [0.15, 0.2) is 0 Å². The Kier molecular flexibility index (Phi) is 5.69. The van der Waals surface area contributed by atoms with E-state index in [-0.39, 0.29) is 23.0 Å². The Morgan fingerprint density at radius 1 is 1.26 bits per heavy atom. The first-order valence-electron chi connectivity index (χ1n) is 9.04. The lowest BCUT2D eigenvalue weighted by Crippen LogP contribution is -2.58. The molecule has 1 aliphatic rings. The number of hydrogen-bond donors (Lipinski definition) is 0. The molecule has 0 aliphatic carbocycles. The number of aromatic nitrogens is 2. The summed E-state index contributed by atoms with van der Waals surface area (Å²) in [5.74, 6) is 0.434. The molecular formula is C19H26FN3O3S. The molecule has 27 heavy (non-hydrogen) atoms. The molecule has 2 heterocycles. The van der Waals surface area contributed by atoms with Gasteiger partial charge in [-0.25, -0.2) is 17.8 Å². The fourth-order valence-corrected chi connectivity index (χ4v) is 5.61. The molecule has 1 saturated heterocycles. The highest BCUT2D eigenvalue weighted by Crippen LogP contribution is 2.49. The van der Waals surface area contributed by atoms with Crippen LogP contribution < -0.4 is 0 Å². The van der Waals surface area contributed by atoms with Crippen LogP contribution in [-0.2, 0) is 14.8 Å². The zero-order valence-electron chi connectivity index (χ0n) is 15.9. The lowest BCUT2D eigenvalue weighted by Gasteiger charge is -2.52. The van der Waals surface area contributed by atoms with Gasteiger partial charge in [0, 0.05) is 43.8 Å². The second-order valence-electron chi connectivity index (χ2n) is 7.58. The van der Waals surface area contributed by atoms with Crippen LogP contribution in [0.4, 0.5) is 4.39 Å². The summed E-state index contributed by atoms with van der Waals surface area (Å²) in [4.78, 5) is 4.45. The zero-order chi connectivity index (χ0) is 19.7. The molecule has 8 heteroatoms. The molecule has 0 saturated carbocycles. The Balaban J connectivity index is 1.86. The Hall–Kier alpha value is -1.77. The summed E-state index contributed by atoms with van der Waals surface area (Å²) in [6, 6.07) is 5.74. The van der Waals surface area contributed by atoms with E-state index in [2.05, 4.69) is 4.98 Å². The number of sulfonamides is 1. The number of ether oxygens (including phenoxy) is 1. The van der Waals surface area contributed by atoms with E-state index < -0.39 is 10.0 Å². The fourth-order valence-electron chi connectivity index (χ4n) is 3.58. The predicted molar refractivity (Wildman–Crippen MR) is 102 cm³/mol. The van der Waals surface area contributed by atoms with Crippen LogP contribution in [0.5, 0.6) is 0 Å². The maximum absolute atomic E-state index is 13.3. The minimum atomic E-state index is -3.39. The number of imidazole rings is 1. The highest BCUT2D eigenvalue weighted by molar-refractivity contribution is 7.89. The Morgan fingerprint density at radius 2 is 1.96 bits per heavy atom. The Morgan fingerprint density at radius 3 is 2.59 bits per heavy atom. The van der Waals surface area contributed by atoms with E-state index >= 15 is 0 Å². The summed E-state index contributed by atoms with van der Waals surface area (Å²) in [5, 5.41) is 0.